The summed E-state index contributed by atoms with van der Waals surface area (Å²) in [5.41, 5.74) is 0.0170. The van der Waals surface area contributed by atoms with Crippen LogP contribution in [-0.4, -0.2) is 64.3 Å². The molecular weight excluding hydrogens is 322 g/mol. The van der Waals surface area contributed by atoms with E-state index in [-0.39, 0.29) is 24.1 Å². The van der Waals surface area contributed by atoms with Gasteiger partial charge in [0.25, 0.3) is 5.91 Å². The Morgan fingerprint density at radius 1 is 1.40 bits per heavy atom. The molecule has 0 spiro atoms. The lowest BCUT2D eigenvalue weighted by atomic mass is 9.95. The van der Waals surface area contributed by atoms with Gasteiger partial charge in [-0.1, -0.05) is 0 Å². The SMILES string of the molecule is CNC(=O)C1(COC)CCCN1C(=O)c1cc(-n2cccn2)ccn1. The molecule has 0 saturated carbocycles. The highest BCUT2D eigenvalue weighted by Crippen LogP contribution is 2.31. The minimum Gasteiger partial charge on any atom is -0.382 e. The molecule has 1 N–H and O–H groups in total. The summed E-state index contributed by atoms with van der Waals surface area (Å²) in [6.45, 7) is 0.639. The van der Waals surface area contributed by atoms with Gasteiger partial charge in [-0.15, -0.1) is 0 Å². The molecule has 2 aromatic heterocycles. The summed E-state index contributed by atoms with van der Waals surface area (Å²) < 4.78 is 6.92. The van der Waals surface area contributed by atoms with Crippen molar-refractivity contribution in [2.45, 2.75) is 18.4 Å². The summed E-state index contributed by atoms with van der Waals surface area (Å²) in [6.07, 6.45) is 6.32. The lowest BCUT2D eigenvalue weighted by molar-refractivity contribution is -0.133. The van der Waals surface area contributed by atoms with Crippen LogP contribution in [0.1, 0.15) is 23.3 Å². The molecule has 8 nitrogen and oxygen atoms in total. The molecule has 0 radical (unpaired) electrons. The predicted molar refractivity (Wildman–Crippen MR) is 90.3 cm³/mol. The van der Waals surface area contributed by atoms with E-state index in [9.17, 15) is 9.59 Å². The van der Waals surface area contributed by atoms with Crippen LogP contribution in [0.2, 0.25) is 0 Å². The highest BCUT2D eigenvalue weighted by atomic mass is 16.5. The van der Waals surface area contributed by atoms with Crippen molar-refractivity contribution in [2.24, 2.45) is 0 Å². The summed E-state index contributed by atoms with van der Waals surface area (Å²) in [4.78, 5) is 31.4. The molecule has 132 valence electrons. The molecule has 1 saturated heterocycles. The van der Waals surface area contributed by atoms with Crippen LogP contribution in [0.5, 0.6) is 0 Å². The lowest BCUT2D eigenvalue weighted by Crippen LogP contribution is -2.59. The Morgan fingerprint density at radius 3 is 2.92 bits per heavy atom. The number of likely N-dealkylation sites (tertiary alicyclic amines) is 1. The molecule has 0 bridgehead atoms. The molecule has 0 aliphatic carbocycles. The number of likely N-dealkylation sites (N-methyl/N-ethyl adjacent to an activating group) is 1. The number of amides is 2. The Kier molecular flexibility index (Phi) is 4.80. The summed E-state index contributed by atoms with van der Waals surface area (Å²) in [5.74, 6) is -0.504. The van der Waals surface area contributed by atoms with Crippen LogP contribution in [0.25, 0.3) is 5.69 Å². The number of methoxy groups -OCH3 is 1. The molecule has 0 aromatic carbocycles. The third kappa shape index (κ3) is 3.00. The molecule has 3 heterocycles. The topological polar surface area (TPSA) is 89.4 Å². The van der Waals surface area contributed by atoms with Gasteiger partial charge in [0.05, 0.1) is 12.3 Å². The second-order valence-corrected chi connectivity index (χ2v) is 5.95. The highest BCUT2D eigenvalue weighted by Gasteiger charge is 2.49. The maximum absolute atomic E-state index is 13.1. The van der Waals surface area contributed by atoms with Crippen molar-refractivity contribution >= 4 is 11.8 Å². The van der Waals surface area contributed by atoms with E-state index in [1.165, 1.54) is 7.11 Å². The zero-order valence-corrected chi connectivity index (χ0v) is 14.3. The van der Waals surface area contributed by atoms with Gasteiger partial charge in [0, 0.05) is 39.3 Å². The number of pyridine rings is 1. The van der Waals surface area contributed by atoms with E-state index in [0.717, 1.165) is 12.1 Å². The Balaban J connectivity index is 1.94. The Hall–Kier alpha value is -2.74. The molecule has 1 aliphatic rings. The van der Waals surface area contributed by atoms with Crippen LogP contribution in [0.4, 0.5) is 0 Å². The minimum absolute atomic E-state index is 0.150. The normalized spacial score (nSPS) is 19.8. The first-order valence-corrected chi connectivity index (χ1v) is 8.11. The third-order valence-electron chi connectivity index (χ3n) is 4.50. The van der Waals surface area contributed by atoms with Gasteiger partial charge in [-0.3, -0.25) is 14.6 Å². The van der Waals surface area contributed by atoms with Gasteiger partial charge in [0.1, 0.15) is 11.2 Å². The fourth-order valence-corrected chi connectivity index (χ4v) is 3.34. The predicted octanol–water partition coefficient (Wildman–Crippen LogP) is 0.634. The van der Waals surface area contributed by atoms with E-state index >= 15 is 0 Å². The number of hydrogen-bond acceptors (Lipinski definition) is 5. The highest BCUT2D eigenvalue weighted by molar-refractivity contribution is 5.99. The van der Waals surface area contributed by atoms with Crippen molar-refractivity contribution in [3.05, 3.63) is 42.5 Å². The van der Waals surface area contributed by atoms with Crippen molar-refractivity contribution < 1.29 is 14.3 Å². The third-order valence-corrected chi connectivity index (χ3v) is 4.50. The Labute approximate surface area is 145 Å². The molecule has 1 atom stereocenters. The van der Waals surface area contributed by atoms with Crippen LogP contribution in [-0.2, 0) is 9.53 Å². The first-order valence-electron chi connectivity index (χ1n) is 8.11. The number of nitrogens with one attached hydrogen (secondary N) is 1. The second-order valence-electron chi connectivity index (χ2n) is 5.95. The first kappa shape index (κ1) is 17.1. The van der Waals surface area contributed by atoms with Gasteiger partial charge < -0.3 is 15.0 Å². The van der Waals surface area contributed by atoms with Crippen LogP contribution in [0.15, 0.2) is 36.8 Å². The maximum Gasteiger partial charge on any atom is 0.273 e. The standard InChI is InChI=1S/C17H21N5O3/c1-18-16(24)17(12-25-2)6-3-9-21(17)15(23)14-11-13(5-8-19-14)22-10-4-7-20-22/h4-5,7-8,10-11H,3,6,9,12H2,1-2H3,(H,18,24). The number of carbonyl (C=O) groups excluding carboxylic acids is 2. The molecule has 1 aliphatic heterocycles. The van der Waals surface area contributed by atoms with Gasteiger partial charge in [-0.05, 0) is 31.0 Å². The van der Waals surface area contributed by atoms with Gasteiger partial charge in [0.15, 0.2) is 0 Å². The average molecular weight is 343 g/mol. The second kappa shape index (κ2) is 7.02. The number of aromatic nitrogens is 3. The number of nitrogens with zero attached hydrogens (tertiary/aromatic N) is 4. The smallest absolute Gasteiger partial charge is 0.273 e. The van der Waals surface area contributed by atoms with Gasteiger partial charge >= 0.3 is 0 Å². The molecule has 8 heteroatoms. The van der Waals surface area contributed by atoms with E-state index in [0.29, 0.717) is 13.0 Å². The lowest BCUT2D eigenvalue weighted by Gasteiger charge is -2.36. The molecule has 2 amide bonds. The fraction of sp³-hybridized carbons (Fsp3) is 0.412. The zero-order chi connectivity index (χ0) is 17.9. The summed E-state index contributed by atoms with van der Waals surface area (Å²) in [5, 5.41) is 6.82. The van der Waals surface area contributed by atoms with Gasteiger partial charge in [0.2, 0.25) is 5.91 Å². The van der Waals surface area contributed by atoms with Crippen LogP contribution in [0, 0.1) is 0 Å². The summed E-state index contributed by atoms with van der Waals surface area (Å²) in [6, 6.07) is 5.25. The van der Waals surface area contributed by atoms with Crippen molar-refractivity contribution in [3.8, 4) is 5.69 Å². The maximum atomic E-state index is 13.1. The van der Waals surface area contributed by atoms with Crippen molar-refractivity contribution in [1.29, 1.82) is 0 Å². The average Bonchev–Trinajstić information content (AvgIpc) is 3.31. The van der Waals surface area contributed by atoms with E-state index in [1.54, 1.807) is 53.4 Å². The van der Waals surface area contributed by atoms with Gasteiger partial charge in [-0.2, -0.15) is 5.10 Å². The summed E-state index contributed by atoms with van der Waals surface area (Å²) in [7, 11) is 3.10. The first-order chi connectivity index (χ1) is 12.1. The van der Waals surface area contributed by atoms with Crippen molar-refractivity contribution in [1.82, 2.24) is 25.0 Å². The van der Waals surface area contributed by atoms with E-state index in [2.05, 4.69) is 15.4 Å². The largest absolute Gasteiger partial charge is 0.382 e. The molecule has 1 fully saturated rings. The molecule has 2 aromatic rings. The number of ether oxygens (including phenoxy) is 1. The van der Waals surface area contributed by atoms with Crippen LogP contribution in [0.3, 0.4) is 0 Å². The van der Waals surface area contributed by atoms with Crippen molar-refractivity contribution in [3.63, 3.8) is 0 Å². The molecule has 1 unspecified atom stereocenters. The van der Waals surface area contributed by atoms with Gasteiger partial charge in [-0.25, -0.2) is 4.68 Å². The molecule has 3 rings (SSSR count). The Morgan fingerprint density at radius 2 is 2.24 bits per heavy atom. The molecule has 25 heavy (non-hydrogen) atoms. The van der Waals surface area contributed by atoms with E-state index in [1.807, 2.05) is 0 Å². The minimum atomic E-state index is -0.996. The number of rotatable bonds is 5. The quantitative estimate of drug-likeness (QED) is 0.860. The monoisotopic (exact) mass is 343 g/mol. The van der Waals surface area contributed by atoms with Crippen LogP contribution < -0.4 is 5.32 Å². The number of carbonyl (C=O) groups is 2. The zero-order valence-electron chi connectivity index (χ0n) is 14.3. The molecular formula is C17H21N5O3. The number of hydrogen-bond donors (Lipinski definition) is 1. The fourth-order valence-electron chi connectivity index (χ4n) is 3.34. The van der Waals surface area contributed by atoms with E-state index < -0.39 is 5.54 Å². The van der Waals surface area contributed by atoms with Crippen LogP contribution >= 0.6 is 0 Å². The van der Waals surface area contributed by atoms with E-state index in [4.69, 9.17) is 4.74 Å². The summed E-state index contributed by atoms with van der Waals surface area (Å²) >= 11 is 0. The Bertz CT molecular complexity index is 761. The van der Waals surface area contributed by atoms with Crippen molar-refractivity contribution in [2.75, 3.05) is 27.3 Å².